The van der Waals surface area contributed by atoms with Gasteiger partial charge in [-0.1, -0.05) is 0 Å². The van der Waals surface area contributed by atoms with E-state index in [0.717, 1.165) is 25.7 Å². The molecule has 1 fully saturated rings. The van der Waals surface area contributed by atoms with Crippen molar-refractivity contribution >= 4 is 0 Å². The predicted octanol–water partition coefficient (Wildman–Crippen LogP) is 1.16. The molecular formula is C10H14N2O2. The topological polar surface area (TPSA) is 55.2 Å². The number of aliphatic hydroxyl groups is 1. The van der Waals surface area contributed by atoms with Crippen molar-refractivity contribution in [1.29, 1.82) is 0 Å². The number of rotatable bonds is 2. The van der Waals surface area contributed by atoms with Crippen LogP contribution in [0.1, 0.15) is 25.7 Å². The van der Waals surface area contributed by atoms with Crippen LogP contribution in [0.2, 0.25) is 0 Å². The number of ether oxygens (including phenoxy) is 1. The van der Waals surface area contributed by atoms with E-state index in [4.69, 9.17) is 4.74 Å². The smallest absolute Gasteiger partial charge is 0.316 e. The number of aromatic nitrogens is 2. The number of aliphatic hydroxyl groups excluding tert-OH is 1. The zero-order valence-electron chi connectivity index (χ0n) is 7.97. The van der Waals surface area contributed by atoms with Gasteiger partial charge in [0.05, 0.1) is 6.10 Å². The average molecular weight is 194 g/mol. The second-order valence-corrected chi connectivity index (χ2v) is 3.58. The van der Waals surface area contributed by atoms with Crippen LogP contribution in [0.3, 0.4) is 0 Å². The zero-order valence-corrected chi connectivity index (χ0v) is 7.97. The van der Waals surface area contributed by atoms with Crippen LogP contribution in [-0.4, -0.2) is 27.3 Å². The van der Waals surface area contributed by atoms with Gasteiger partial charge in [0.25, 0.3) is 0 Å². The van der Waals surface area contributed by atoms with Crippen LogP contribution < -0.4 is 4.74 Å². The first-order valence-corrected chi connectivity index (χ1v) is 4.96. The summed E-state index contributed by atoms with van der Waals surface area (Å²) in [4.78, 5) is 7.99. The number of nitrogens with zero attached hydrogens (tertiary/aromatic N) is 2. The van der Waals surface area contributed by atoms with Crippen molar-refractivity contribution in [3.05, 3.63) is 18.5 Å². The Balaban J connectivity index is 1.87. The summed E-state index contributed by atoms with van der Waals surface area (Å²) < 4.78 is 5.57. The highest BCUT2D eigenvalue weighted by atomic mass is 16.5. The van der Waals surface area contributed by atoms with Gasteiger partial charge in [-0.2, -0.15) is 0 Å². The quantitative estimate of drug-likeness (QED) is 0.767. The van der Waals surface area contributed by atoms with E-state index in [1.54, 1.807) is 18.5 Å². The van der Waals surface area contributed by atoms with Crippen LogP contribution in [0, 0.1) is 0 Å². The highest BCUT2D eigenvalue weighted by molar-refractivity contribution is 4.94. The van der Waals surface area contributed by atoms with Crippen molar-refractivity contribution in [2.45, 2.75) is 37.9 Å². The molecule has 1 aliphatic rings. The Morgan fingerprint density at radius 2 is 1.79 bits per heavy atom. The van der Waals surface area contributed by atoms with Crippen LogP contribution in [0.15, 0.2) is 18.5 Å². The lowest BCUT2D eigenvalue weighted by molar-refractivity contribution is 0.0618. The van der Waals surface area contributed by atoms with E-state index < -0.39 is 0 Å². The van der Waals surface area contributed by atoms with Gasteiger partial charge in [0, 0.05) is 12.4 Å². The third-order valence-corrected chi connectivity index (χ3v) is 2.46. The van der Waals surface area contributed by atoms with E-state index in [9.17, 15) is 5.11 Å². The number of hydrogen-bond acceptors (Lipinski definition) is 4. The maximum absolute atomic E-state index is 9.31. The first-order chi connectivity index (χ1) is 6.84. The Hall–Kier alpha value is -1.16. The Labute approximate surface area is 83.0 Å². The molecule has 2 rings (SSSR count). The molecule has 1 N–H and O–H groups in total. The SMILES string of the molecule is O[C@H]1CC[C@@H](Oc2ncccn2)CC1. The maximum Gasteiger partial charge on any atom is 0.316 e. The molecule has 0 unspecified atom stereocenters. The van der Waals surface area contributed by atoms with Crippen LogP contribution in [0.4, 0.5) is 0 Å². The van der Waals surface area contributed by atoms with Crippen molar-refractivity contribution in [2.75, 3.05) is 0 Å². The second kappa shape index (κ2) is 4.37. The molecule has 1 saturated carbocycles. The third kappa shape index (κ3) is 2.42. The average Bonchev–Trinajstić information content (AvgIpc) is 2.23. The summed E-state index contributed by atoms with van der Waals surface area (Å²) in [6.45, 7) is 0. The van der Waals surface area contributed by atoms with Crippen molar-refractivity contribution in [3.8, 4) is 6.01 Å². The van der Waals surface area contributed by atoms with Gasteiger partial charge >= 0.3 is 6.01 Å². The van der Waals surface area contributed by atoms with Crippen molar-refractivity contribution in [1.82, 2.24) is 9.97 Å². The second-order valence-electron chi connectivity index (χ2n) is 3.58. The van der Waals surface area contributed by atoms with E-state index in [0.29, 0.717) is 6.01 Å². The summed E-state index contributed by atoms with van der Waals surface area (Å²) in [5.74, 6) is 0. The zero-order chi connectivity index (χ0) is 9.80. The van der Waals surface area contributed by atoms with Gasteiger partial charge in [0.1, 0.15) is 6.10 Å². The van der Waals surface area contributed by atoms with Gasteiger partial charge in [-0.05, 0) is 31.7 Å². The first kappa shape index (κ1) is 9.40. The van der Waals surface area contributed by atoms with Gasteiger partial charge in [-0.25, -0.2) is 9.97 Å². The van der Waals surface area contributed by atoms with Crippen LogP contribution in [0.25, 0.3) is 0 Å². The van der Waals surface area contributed by atoms with Crippen molar-refractivity contribution in [3.63, 3.8) is 0 Å². The van der Waals surface area contributed by atoms with Crippen LogP contribution in [0.5, 0.6) is 6.01 Å². The van der Waals surface area contributed by atoms with E-state index in [1.165, 1.54) is 0 Å². The summed E-state index contributed by atoms with van der Waals surface area (Å²) in [5, 5.41) is 9.31. The molecule has 1 aromatic rings. The molecule has 0 radical (unpaired) electrons. The van der Waals surface area contributed by atoms with Crippen molar-refractivity contribution < 1.29 is 9.84 Å². The van der Waals surface area contributed by atoms with Crippen molar-refractivity contribution in [2.24, 2.45) is 0 Å². The molecule has 0 spiro atoms. The molecule has 76 valence electrons. The monoisotopic (exact) mass is 194 g/mol. The lowest BCUT2D eigenvalue weighted by Gasteiger charge is -2.24. The lowest BCUT2D eigenvalue weighted by Crippen LogP contribution is -2.27. The Kier molecular flexibility index (Phi) is 2.93. The standard InChI is InChI=1S/C10H14N2O2/c13-8-2-4-9(5-3-8)14-10-11-6-1-7-12-10/h1,6-9,13H,2-5H2/t8-,9+. The van der Waals surface area contributed by atoms with Crippen LogP contribution in [-0.2, 0) is 0 Å². The summed E-state index contributed by atoms with van der Waals surface area (Å²) in [6, 6.07) is 2.20. The molecule has 0 aliphatic heterocycles. The maximum atomic E-state index is 9.31. The van der Waals surface area contributed by atoms with E-state index in [-0.39, 0.29) is 12.2 Å². The minimum atomic E-state index is -0.147. The Bertz CT molecular complexity index is 271. The molecule has 0 saturated heterocycles. The molecule has 0 atom stereocenters. The van der Waals surface area contributed by atoms with Crippen LogP contribution >= 0.6 is 0 Å². The fourth-order valence-corrected chi connectivity index (χ4v) is 1.66. The van der Waals surface area contributed by atoms with Gasteiger partial charge in [0.2, 0.25) is 0 Å². The molecular weight excluding hydrogens is 180 g/mol. The minimum Gasteiger partial charge on any atom is -0.460 e. The normalized spacial score (nSPS) is 27.2. The lowest BCUT2D eigenvalue weighted by atomic mass is 9.95. The Morgan fingerprint density at radius 1 is 1.14 bits per heavy atom. The van der Waals surface area contributed by atoms with Gasteiger partial charge in [-0.3, -0.25) is 0 Å². The van der Waals surface area contributed by atoms with E-state index in [2.05, 4.69) is 9.97 Å². The Morgan fingerprint density at radius 3 is 2.43 bits per heavy atom. The molecule has 1 aliphatic carbocycles. The van der Waals surface area contributed by atoms with Gasteiger partial charge < -0.3 is 9.84 Å². The number of hydrogen-bond donors (Lipinski definition) is 1. The fraction of sp³-hybridized carbons (Fsp3) is 0.600. The first-order valence-electron chi connectivity index (χ1n) is 4.96. The summed E-state index contributed by atoms with van der Waals surface area (Å²) >= 11 is 0. The molecule has 14 heavy (non-hydrogen) atoms. The fourth-order valence-electron chi connectivity index (χ4n) is 1.66. The van der Waals surface area contributed by atoms with Gasteiger partial charge in [-0.15, -0.1) is 0 Å². The molecule has 4 heteroatoms. The molecule has 4 nitrogen and oxygen atoms in total. The highest BCUT2D eigenvalue weighted by Gasteiger charge is 2.21. The summed E-state index contributed by atoms with van der Waals surface area (Å²) in [7, 11) is 0. The third-order valence-electron chi connectivity index (χ3n) is 2.46. The molecule has 0 bridgehead atoms. The largest absolute Gasteiger partial charge is 0.460 e. The molecule has 0 amide bonds. The van der Waals surface area contributed by atoms with E-state index >= 15 is 0 Å². The minimum absolute atomic E-state index is 0.147. The predicted molar refractivity (Wildman–Crippen MR) is 50.9 cm³/mol. The molecule has 1 heterocycles. The summed E-state index contributed by atoms with van der Waals surface area (Å²) in [6.07, 6.45) is 6.76. The molecule has 0 aromatic carbocycles. The molecule has 1 aromatic heterocycles. The van der Waals surface area contributed by atoms with Gasteiger partial charge in [0.15, 0.2) is 0 Å². The van der Waals surface area contributed by atoms with E-state index in [1.807, 2.05) is 0 Å². The summed E-state index contributed by atoms with van der Waals surface area (Å²) in [5.41, 5.74) is 0. The highest BCUT2D eigenvalue weighted by Crippen LogP contribution is 2.21.